The molecule has 1 aromatic heterocycles. The third-order valence-corrected chi connectivity index (χ3v) is 5.11. The van der Waals surface area contributed by atoms with Gasteiger partial charge in [0, 0.05) is 22.5 Å². The second-order valence-corrected chi connectivity index (χ2v) is 7.34. The van der Waals surface area contributed by atoms with Gasteiger partial charge in [-0.2, -0.15) is 5.10 Å². The van der Waals surface area contributed by atoms with Crippen molar-refractivity contribution in [1.29, 1.82) is 0 Å². The average Bonchev–Trinajstić information content (AvgIpc) is 2.70. The van der Waals surface area contributed by atoms with Crippen molar-refractivity contribution < 1.29 is 9.59 Å². The van der Waals surface area contributed by atoms with Crippen LogP contribution in [0.2, 0.25) is 5.02 Å². The summed E-state index contributed by atoms with van der Waals surface area (Å²) in [5.74, 6) is -0.931. The first-order valence-electron chi connectivity index (χ1n) is 9.26. The van der Waals surface area contributed by atoms with Gasteiger partial charge in [0.1, 0.15) is 12.2 Å². The summed E-state index contributed by atoms with van der Waals surface area (Å²) < 4.78 is 0.949. The summed E-state index contributed by atoms with van der Waals surface area (Å²) in [5.41, 5.74) is 3.57. The normalized spacial score (nSPS) is 10.5. The maximum atomic E-state index is 12.5. The Morgan fingerprint density at radius 2 is 1.77 bits per heavy atom. The monoisotopic (exact) mass is 424 g/mol. The zero-order valence-corrected chi connectivity index (χ0v) is 17.6. The van der Waals surface area contributed by atoms with Crippen LogP contribution < -0.4 is 16.2 Å². The molecule has 0 aliphatic rings. The molecule has 8 heteroatoms. The molecule has 154 valence electrons. The Balaban J connectivity index is 1.75. The van der Waals surface area contributed by atoms with Gasteiger partial charge in [0.05, 0.1) is 0 Å². The van der Waals surface area contributed by atoms with Crippen molar-refractivity contribution in [2.24, 2.45) is 0 Å². The Hall–Kier alpha value is -3.45. The molecule has 0 spiro atoms. The minimum atomic E-state index is -0.490. The van der Waals surface area contributed by atoms with Crippen molar-refractivity contribution >= 4 is 34.8 Å². The fraction of sp³-hybridized carbons (Fsp3) is 0.182. The van der Waals surface area contributed by atoms with Crippen molar-refractivity contribution in [1.82, 2.24) is 9.78 Å². The molecule has 3 aromatic rings. The number of aryl methyl sites for hydroxylation is 2. The molecule has 0 radical (unpaired) electrons. The molecule has 3 rings (SSSR count). The molecule has 0 saturated heterocycles. The molecule has 7 nitrogen and oxygen atoms in total. The molecule has 0 aliphatic carbocycles. The predicted molar refractivity (Wildman–Crippen MR) is 117 cm³/mol. The molecule has 0 saturated carbocycles. The molecular formula is C22H21ClN4O3. The fourth-order valence-corrected chi connectivity index (χ4v) is 2.94. The number of carbonyl (C=O) groups excluding carboxylic acids is 2. The van der Waals surface area contributed by atoms with E-state index >= 15 is 0 Å². The van der Waals surface area contributed by atoms with Gasteiger partial charge in [0.25, 0.3) is 11.5 Å². The summed E-state index contributed by atoms with van der Waals surface area (Å²) in [4.78, 5) is 37.0. The Morgan fingerprint density at radius 3 is 2.50 bits per heavy atom. The Morgan fingerprint density at radius 1 is 1.00 bits per heavy atom. The van der Waals surface area contributed by atoms with E-state index in [2.05, 4.69) is 15.7 Å². The molecule has 30 heavy (non-hydrogen) atoms. The first-order valence-corrected chi connectivity index (χ1v) is 9.64. The highest BCUT2D eigenvalue weighted by Gasteiger charge is 2.13. The molecule has 0 unspecified atom stereocenters. The Labute approximate surface area is 178 Å². The van der Waals surface area contributed by atoms with Crippen LogP contribution in [0.15, 0.2) is 53.3 Å². The number of benzene rings is 2. The number of hydrogen-bond donors (Lipinski definition) is 2. The lowest BCUT2D eigenvalue weighted by Gasteiger charge is -2.11. The van der Waals surface area contributed by atoms with E-state index in [-0.39, 0.29) is 12.2 Å². The fourth-order valence-electron chi connectivity index (χ4n) is 2.77. The van der Waals surface area contributed by atoms with Crippen LogP contribution in [0.5, 0.6) is 0 Å². The topological polar surface area (TPSA) is 93.1 Å². The summed E-state index contributed by atoms with van der Waals surface area (Å²) in [7, 11) is 0. The summed E-state index contributed by atoms with van der Waals surface area (Å²) in [6, 6.07) is 13.2. The molecule has 2 N–H and O–H groups in total. The van der Waals surface area contributed by atoms with Gasteiger partial charge in [0.2, 0.25) is 5.91 Å². The minimum absolute atomic E-state index is 0.0274. The largest absolute Gasteiger partial charge is 0.324 e. The number of anilines is 2. The van der Waals surface area contributed by atoms with E-state index in [4.69, 9.17) is 11.6 Å². The number of hydrogen-bond acceptors (Lipinski definition) is 4. The highest BCUT2D eigenvalue weighted by Crippen LogP contribution is 2.22. The predicted octanol–water partition coefficient (Wildman–Crippen LogP) is 3.71. The highest BCUT2D eigenvalue weighted by molar-refractivity contribution is 6.31. The third kappa shape index (κ3) is 4.93. The standard InChI is InChI=1S/C22H21ClN4O3/c1-13-7-8-16(11-14(13)2)24-22(30)19-9-10-21(29)27(26-19)12-20(28)25-18-6-4-5-17(23)15(18)3/h4-11H,12H2,1-3H3,(H,24,30)(H,25,28). The zero-order valence-electron chi connectivity index (χ0n) is 16.8. The number of halogens is 1. The molecule has 1 heterocycles. The van der Waals surface area contributed by atoms with Crippen LogP contribution in [0.1, 0.15) is 27.2 Å². The molecule has 0 bridgehead atoms. The smallest absolute Gasteiger partial charge is 0.276 e. The van der Waals surface area contributed by atoms with Crippen molar-refractivity contribution in [2.45, 2.75) is 27.3 Å². The van der Waals surface area contributed by atoms with Gasteiger partial charge < -0.3 is 10.6 Å². The molecule has 2 amide bonds. The van der Waals surface area contributed by atoms with Crippen LogP contribution in [0.3, 0.4) is 0 Å². The van der Waals surface area contributed by atoms with Crippen LogP contribution in [-0.2, 0) is 11.3 Å². The van der Waals surface area contributed by atoms with Crippen LogP contribution in [-0.4, -0.2) is 21.6 Å². The number of carbonyl (C=O) groups is 2. The average molecular weight is 425 g/mol. The molecule has 0 fully saturated rings. The lowest BCUT2D eigenvalue weighted by atomic mass is 10.1. The summed E-state index contributed by atoms with van der Waals surface area (Å²) in [5, 5.41) is 10.0. The maximum Gasteiger partial charge on any atom is 0.276 e. The molecule has 0 atom stereocenters. The van der Waals surface area contributed by atoms with Crippen LogP contribution in [0.25, 0.3) is 0 Å². The van der Waals surface area contributed by atoms with E-state index in [1.165, 1.54) is 12.1 Å². The second-order valence-electron chi connectivity index (χ2n) is 6.93. The number of nitrogens with zero attached hydrogens (tertiary/aromatic N) is 2. The van der Waals surface area contributed by atoms with E-state index in [1.54, 1.807) is 31.2 Å². The van der Waals surface area contributed by atoms with E-state index in [0.717, 1.165) is 15.8 Å². The summed E-state index contributed by atoms with van der Waals surface area (Å²) in [6.07, 6.45) is 0. The van der Waals surface area contributed by atoms with Gasteiger partial charge in [-0.1, -0.05) is 23.7 Å². The lowest BCUT2D eigenvalue weighted by molar-refractivity contribution is -0.117. The summed E-state index contributed by atoms with van der Waals surface area (Å²) >= 11 is 6.06. The lowest BCUT2D eigenvalue weighted by Crippen LogP contribution is -2.31. The molecule has 2 aromatic carbocycles. The molecular weight excluding hydrogens is 404 g/mol. The number of amides is 2. The second kappa shape index (κ2) is 8.92. The minimum Gasteiger partial charge on any atom is -0.324 e. The van der Waals surface area contributed by atoms with E-state index in [1.807, 2.05) is 26.0 Å². The van der Waals surface area contributed by atoms with Gasteiger partial charge in [-0.15, -0.1) is 0 Å². The Bertz CT molecular complexity index is 1190. The van der Waals surface area contributed by atoms with Crippen LogP contribution in [0.4, 0.5) is 11.4 Å². The van der Waals surface area contributed by atoms with Gasteiger partial charge in [-0.25, -0.2) is 4.68 Å². The third-order valence-electron chi connectivity index (χ3n) is 4.70. The van der Waals surface area contributed by atoms with Gasteiger partial charge in [-0.3, -0.25) is 14.4 Å². The van der Waals surface area contributed by atoms with E-state index in [9.17, 15) is 14.4 Å². The first-order chi connectivity index (χ1) is 14.2. The maximum absolute atomic E-state index is 12.5. The highest BCUT2D eigenvalue weighted by atomic mass is 35.5. The van der Waals surface area contributed by atoms with Crippen LogP contribution in [0, 0.1) is 20.8 Å². The van der Waals surface area contributed by atoms with Gasteiger partial charge in [0.15, 0.2) is 0 Å². The van der Waals surface area contributed by atoms with Crippen molar-refractivity contribution in [3.63, 3.8) is 0 Å². The van der Waals surface area contributed by atoms with Crippen molar-refractivity contribution in [3.8, 4) is 0 Å². The van der Waals surface area contributed by atoms with Gasteiger partial charge in [-0.05, 0) is 67.8 Å². The van der Waals surface area contributed by atoms with Crippen molar-refractivity contribution in [2.75, 3.05) is 10.6 Å². The van der Waals surface area contributed by atoms with Gasteiger partial charge >= 0.3 is 0 Å². The SMILES string of the molecule is Cc1ccc(NC(=O)c2ccc(=O)n(CC(=O)Nc3cccc(Cl)c3C)n2)cc1C. The quantitative estimate of drug-likeness (QED) is 0.652. The number of aromatic nitrogens is 2. The summed E-state index contributed by atoms with van der Waals surface area (Å²) in [6.45, 7) is 5.37. The Kier molecular flexibility index (Phi) is 6.32. The van der Waals surface area contributed by atoms with Crippen molar-refractivity contribution in [3.05, 3.63) is 86.3 Å². The first kappa shape index (κ1) is 21.3. The zero-order chi connectivity index (χ0) is 21.8. The molecule has 0 aliphatic heterocycles. The number of nitrogens with one attached hydrogen (secondary N) is 2. The van der Waals surface area contributed by atoms with E-state index in [0.29, 0.717) is 22.0 Å². The van der Waals surface area contributed by atoms with Crippen LogP contribution >= 0.6 is 11.6 Å². The van der Waals surface area contributed by atoms with E-state index < -0.39 is 17.4 Å². The number of rotatable bonds is 5.